The van der Waals surface area contributed by atoms with Crippen LogP contribution in [0.4, 0.5) is 11.4 Å². The van der Waals surface area contributed by atoms with Gasteiger partial charge in [-0.25, -0.2) is 0 Å². The molecule has 0 bridgehead atoms. The first-order valence-corrected chi connectivity index (χ1v) is 5.41. The first kappa shape index (κ1) is 11.9. The second-order valence-electron chi connectivity index (χ2n) is 3.77. The smallest absolute Gasteiger partial charge is 0.0606 e. The molecule has 0 aliphatic rings. The second-order valence-corrected chi connectivity index (χ2v) is 3.77. The van der Waals surface area contributed by atoms with Gasteiger partial charge in [0.05, 0.1) is 18.0 Å². The highest BCUT2D eigenvalue weighted by molar-refractivity contribution is 5.68. The summed E-state index contributed by atoms with van der Waals surface area (Å²) >= 11 is 0. The van der Waals surface area contributed by atoms with Gasteiger partial charge in [0.2, 0.25) is 0 Å². The summed E-state index contributed by atoms with van der Waals surface area (Å²) in [6.45, 7) is 5.89. The highest BCUT2D eigenvalue weighted by Gasteiger charge is 2.08. The predicted octanol–water partition coefficient (Wildman–Crippen LogP) is 1.79. The fraction of sp³-hybridized carbons (Fsp3) is 0.500. The van der Waals surface area contributed by atoms with Crippen molar-refractivity contribution in [2.75, 3.05) is 30.3 Å². The summed E-state index contributed by atoms with van der Waals surface area (Å²) in [5.41, 5.74) is 8.93. The summed E-state index contributed by atoms with van der Waals surface area (Å²) < 4.78 is 0. The summed E-state index contributed by atoms with van der Waals surface area (Å²) in [7, 11) is 0. The lowest BCUT2D eigenvalue weighted by Gasteiger charge is -2.25. The van der Waals surface area contributed by atoms with Crippen molar-refractivity contribution in [3.63, 3.8) is 0 Å². The predicted molar refractivity (Wildman–Crippen MR) is 65.2 cm³/mol. The second kappa shape index (κ2) is 5.61. The summed E-state index contributed by atoms with van der Waals surface area (Å²) in [6, 6.07) is 5.99. The van der Waals surface area contributed by atoms with Gasteiger partial charge in [0.1, 0.15) is 0 Å². The topological polar surface area (TPSA) is 49.5 Å². The molecule has 0 radical (unpaired) electrons. The summed E-state index contributed by atoms with van der Waals surface area (Å²) in [6.07, 6.45) is 1.05. The Morgan fingerprint density at radius 2 is 2.07 bits per heavy atom. The van der Waals surface area contributed by atoms with Gasteiger partial charge in [-0.3, -0.25) is 0 Å². The van der Waals surface area contributed by atoms with Gasteiger partial charge in [-0.15, -0.1) is 0 Å². The fourth-order valence-electron chi connectivity index (χ4n) is 1.67. The number of aliphatic hydroxyl groups excluding tert-OH is 1. The van der Waals surface area contributed by atoms with Crippen molar-refractivity contribution in [2.45, 2.75) is 20.3 Å². The highest BCUT2D eigenvalue weighted by atomic mass is 16.3. The molecule has 0 unspecified atom stereocenters. The molecule has 1 rings (SSSR count). The molecular formula is C12H20N2O. The molecule has 3 N–H and O–H groups in total. The molecule has 0 aliphatic heterocycles. The normalized spacial score (nSPS) is 10.3. The van der Waals surface area contributed by atoms with Gasteiger partial charge >= 0.3 is 0 Å². The van der Waals surface area contributed by atoms with Crippen LogP contribution in [0, 0.1) is 6.92 Å². The zero-order valence-corrected chi connectivity index (χ0v) is 9.53. The first-order chi connectivity index (χ1) is 7.19. The molecule has 1 aromatic rings. The Labute approximate surface area is 91.5 Å². The van der Waals surface area contributed by atoms with Crippen LogP contribution in [0.25, 0.3) is 0 Å². The molecule has 0 atom stereocenters. The standard InChI is InChI=1S/C12H20N2O/c1-3-6-14(7-8-15)12-9-10(2)4-5-11(12)13/h4-5,9,15H,3,6-8,13H2,1-2H3. The molecule has 0 saturated carbocycles. The van der Waals surface area contributed by atoms with E-state index in [0.717, 1.165) is 24.3 Å². The molecule has 15 heavy (non-hydrogen) atoms. The zero-order valence-electron chi connectivity index (χ0n) is 9.53. The van der Waals surface area contributed by atoms with Gasteiger partial charge in [0.25, 0.3) is 0 Å². The van der Waals surface area contributed by atoms with Gasteiger partial charge in [-0.2, -0.15) is 0 Å². The van der Waals surface area contributed by atoms with E-state index in [4.69, 9.17) is 10.8 Å². The van der Waals surface area contributed by atoms with E-state index in [9.17, 15) is 0 Å². The lowest BCUT2D eigenvalue weighted by atomic mass is 10.1. The van der Waals surface area contributed by atoms with Crippen LogP contribution in [0.5, 0.6) is 0 Å². The monoisotopic (exact) mass is 208 g/mol. The maximum absolute atomic E-state index is 9.00. The molecule has 0 amide bonds. The minimum absolute atomic E-state index is 0.160. The van der Waals surface area contributed by atoms with Crippen LogP contribution in [-0.2, 0) is 0 Å². The summed E-state index contributed by atoms with van der Waals surface area (Å²) in [5, 5.41) is 9.00. The highest BCUT2D eigenvalue weighted by Crippen LogP contribution is 2.24. The molecule has 0 aromatic heterocycles. The number of aliphatic hydroxyl groups is 1. The van der Waals surface area contributed by atoms with Crippen molar-refractivity contribution in [3.8, 4) is 0 Å². The Hall–Kier alpha value is -1.22. The number of benzene rings is 1. The van der Waals surface area contributed by atoms with Gasteiger partial charge in [-0.1, -0.05) is 13.0 Å². The van der Waals surface area contributed by atoms with Gasteiger partial charge < -0.3 is 15.7 Å². The van der Waals surface area contributed by atoms with Crippen molar-refractivity contribution < 1.29 is 5.11 Å². The summed E-state index contributed by atoms with van der Waals surface area (Å²) in [4.78, 5) is 2.13. The van der Waals surface area contributed by atoms with Crippen LogP contribution in [0.2, 0.25) is 0 Å². The Morgan fingerprint density at radius 3 is 2.67 bits per heavy atom. The van der Waals surface area contributed by atoms with Crippen molar-refractivity contribution in [3.05, 3.63) is 23.8 Å². The minimum atomic E-state index is 0.160. The molecule has 0 fully saturated rings. The van der Waals surface area contributed by atoms with Gasteiger partial charge in [-0.05, 0) is 31.0 Å². The lowest BCUT2D eigenvalue weighted by Crippen LogP contribution is -2.28. The molecular weight excluding hydrogens is 188 g/mol. The van der Waals surface area contributed by atoms with E-state index >= 15 is 0 Å². The number of nitrogen functional groups attached to an aromatic ring is 1. The van der Waals surface area contributed by atoms with E-state index in [1.165, 1.54) is 5.56 Å². The maximum atomic E-state index is 9.00. The number of rotatable bonds is 5. The van der Waals surface area contributed by atoms with Crippen molar-refractivity contribution in [2.24, 2.45) is 0 Å². The maximum Gasteiger partial charge on any atom is 0.0606 e. The molecule has 0 aliphatic carbocycles. The third kappa shape index (κ3) is 3.13. The SMILES string of the molecule is CCCN(CCO)c1cc(C)ccc1N. The van der Waals surface area contributed by atoms with Crippen molar-refractivity contribution in [1.82, 2.24) is 0 Å². The molecule has 0 spiro atoms. The fourth-order valence-corrected chi connectivity index (χ4v) is 1.67. The molecule has 0 heterocycles. The van der Waals surface area contributed by atoms with Crippen LogP contribution in [-0.4, -0.2) is 24.8 Å². The number of hydrogen-bond acceptors (Lipinski definition) is 3. The Kier molecular flexibility index (Phi) is 4.43. The Morgan fingerprint density at radius 1 is 1.33 bits per heavy atom. The third-order valence-corrected chi connectivity index (χ3v) is 2.39. The van der Waals surface area contributed by atoms with E-state index in [1.807, 2.05) is 19.1 Å². The van der Waals surface area contributed by atoms with Gasteiger partial charge in [0, 0.05) is 13.1 Å². The summed E-state index contributed by atoms with van der Waals surface area (Å²) in [5.74, 6) is 0. The van der Waals surface area contributed by atoms with Crippen molar-refractivity contribution in [1.29, 1.82) is 0 Å². The lowest BCUT2D eigenvalue weighted by molar-refractivity contribution is 0.302. The molecule has 0 saturated heterocycles. The van der Waals surface area contributed by atoms with Crippen LogP contribution in [0.15, 0.2) is 18.2 Å². The molecule has 3 heteroatoms. The molecule has 3 nitrogen and oxygen atoms in total. The Bertz CT molecular complexity index is 306. The number of hydrogen-bond donors (Lipinski definition) is 2. The van der Waals surface area contributed by atoms with Crippen LogP contribution in [0.3, 0.4) is 0 Å². The van der Waals surface area contributed by atoms with E-state index in [-0.39, 0.29) is 6.61 Å². The van der Waals surface area contributed by atoms with Crippen LogP contribution >= 0.6 is 0 Å². The molecule has 84 valence electrons. The van der Waals surface area contributed by atoms with Crippen LogP contribution in [0.1, 0.15) is 18.9 Å². The minimum Gasteiger partial charge on any atom is -0.397 e. The zero-order chi connectivity index (χ0) is 11.3. The van der Waals surface area contributed by atoms with E-state index in [2.05, 4.69) is 17.9 Å². The van der Waals surface area contributed by atoms with E-state index < -0.39 is 0 Å². The first-order valence-electron chi connectivity index (χ1n) is 5.41. The van der Waals surface area contributed by atoms with E-state index in [1.54, 1.807) is 0 Å². The Balaban J connectivity index is 2.93. The largest absolute Gasteiger partial charge is 0.397 e. The van der Waals surface area contributed by atoms with Crippen molar-refractivity contribution >= 4 is 11.4 Å². The number of anilines is 2. The average Bonchev–Trinajstić information content (AvgIpc) is 2.21. The quantitative estimate of drug-likeness (QED) is 0.725. The number of nitrogens with zero attached hydrogens (tertiary/aromatic N) is 1. The third-order valence-electron chi connectivity index (χ3n) is 2.39. The molecule has 1 aromatic carbocycles. The van der Waals surface area contributed by atoms with E-state index in [0.29, 0.717) is 6.54 Å². The average molecular weight is 208 g/mol. The number of nitrogens with two attached hydrogens (primary N) is 1. The van der Waals surface area contributed by atoms with Crippen LogP contribution < -0.4 is 10.6 Å². The number of aryl methyl sites for hydroxylation is 1. The van der Waals surface area contributed by atoms with Gasteiger partial charge in [0.15, 0.2) is 0 Å².